The number of carbonyl (C=O) groups excluding carboxylic acids is 1. The smallest absolute Gasteiger partial charge is 0.253 e. The summed E-state index contributed by atoms with van der Waals surface area (Å²) in [5.41, 5.74) is 0.953. The molecule has 122 valence electrons. The van der Waals surface area contributed by atoms with Crippen LogP contribution in [0.5, 0.6) is 0 Å². The summed E-state index contributed by atoms with van der Waals surface area (Å²) in [5.74, 6) is -0.103. The topological polar surface area (TPSA) is 89.7 Å². The van der Waals surface area contributed by atoms with Crippen LogP contribution in [0.4, 0.5) is 0 Å². The molecule has 1 saturated heterocycles. The zero-order valence-electron chi connectivity index (χ0n) is 12.9. The van der Waals surface area contributed by atoms with Gasteiger partial charge in [0.25, 0.3) is 5.91 Å². The van der Waals surface area contributed by atoms with Crippen molar-refractivity contribution in [2.24, 2.45) is 5.14 Å². The fourth-order valence-corrected chi connectivity index (χ4v) is 3.54. The first-order valence-electron chi connectivity index (χ1n) is 7.37. The minimum absolute atomic E-state index is 0.0508. The second-order valence-corrected chi connectivity index (χ2v) is 7.03. The molecule has 0 spiro atoms. The van der Waals surface area contributed by atoms with Gasteiger partial charge in [0.1, 0.15) is 0 Å². The van der Waals surface area contributed by atoms with Crippen molar-refractivity contribution in [2.45, 2.75) is 37.7 Å². The minimum atomic E-state index is -3.76. The van der Waals surface area contributed by atoms with Gasteiger partial charge in [0.15, 0.2) is 0 Å². The van der Waals surface area contributed by atoms with E-state index in [0.29, 0.717) is 30.8 Å². The van der Waals surface area contributed by atoms with E-state index in [-0.39, 0.29) is 16.9 Å². The van der Waals surface area contributed by atoms with Gasteiger partial charge in [-0.05, 0) is 50.5 Å². The summed E-state index contributed by atoms with van der Waals surface area (Å²) in [6.07, 6.45) is 1.94. The number of nitrogens with zero attached hydrogens (tertiary/aromatic N) is 1. The van der Waals surface area contributed by atoms with Gasteiger partial charge in [-0.15, -0.1) is 0 Å². The van der Waals surface area contributed by atoms with Crippen molar-refractivity contribution in [3.05, 3.63) is 29.3 Å². The van der Waals surface area contributed by atoms with E-state index in [9.17, 15) is 13.2 Å². The van der Waals surface area contributed by atoms with Crippen LogP contribution in [-0.2, 0) is 14.8 Å². The molecule has 1 aromatic rings. The molecular weight excluding hydrogens is 304 g/mol. The highest BCUT2D eigenvalue weighted by molar-refractivity contribution is 7.89. The highest BCUT2D eigenvalue weighted by Crippen LogP contribution is 2.19. The minimum Gasteiger partial charge on any atom is -0.377 e. The lowest BCUT2D eigenvalue weighted by Crippen LogP contribution is -2.43. The van der Waals surface area contributed by atoms with E-state index in [0.717, 1.165) is 12.8 Å². The van der Waals surface area contributed by atoms with E-state index in [1.807, 2.05) is 6.92 Å². The number of benzene rings is 1. The molecule has 1 aliphatic rings. The summed E-state index contributed by atoms with van der Waals surface area (Å²) in [6.45, 7) is 5.47. The van der Waals surface area contributed by atoms with E-state index < -0.39 is 10.0 Å². The number of ether oxygens (including phenoxy) is 1. The standard InChI is InChI=1S/C15H22N2O4S/c1-3-21-13-5-4-8-17(10-13)15(18)12-6-7-14(11(2)9-12)22(16,19)20/h6-7,9,13H,3-5,8,10H2,1-2H3,(H2,16,19,20). The maximum absolute atomic E-state index is 12.6. The first-order chi connectivity index (χ1) is 10.3. The number of aryl methyl sites for hydroxylation is 1. The van der Waals surface area contributed by atoms with Crippen LogP contribution < -0.4 is 5.14 Å². The Hall–Kier alpha value is -1.44. The quantitative estimate of drug-likeness (QED) is 0.902. The van der Waals surface area contributed by atoms with Crippen LogP contribution in [0.2, 0.25) is 0 Å². The van der Waals surface area contributed by atoms with Gasteiger partial charge in [-0.25, -0.2) is 13.6 Å². The van der Waals surface area contributed by atoms with Crippen molar-refractivity contribution in [3.63, 3.8) is 0 Å². The molecule has 1 aromatic carbocycles. The van der Waals surface area contributed by atoms with Gasteiger partial charge in [-0.3, -0.25) is 4.79 Å². The van der Waals surface area contributed by atoms with Gasteiger partial charge < -0.3 is 9.64 Å². The number of primary sulfonamides is 1. The van der Waals surface area contributed by atoms with Gasteiger partial charge in [0.05, 0.1) is 11.0 Å². The number of rotatable bonds is 4. The van der Waals surface area contributed by atoms with Crippen LogP contribution in [0.15, 0.2) is 23.1 Å². The van der Waals surface area contributed by atoms with Gasteiger partial charge >= 0.3 is 0 Å². The second kappa shape index (κ2) is 6.76. The lowest BCUT2D eigenvalue weighted by Gasteiger charge is -2.32. The van der Waals surface area contributed by atoms with Gasteiger partial charge in [-0.2, -0.15) is 0 Å². The number of piperidine rings is 1. The molecule has 0 bridgehead atoms. The Morgan fingerprint density at radius 3 is 2.77 bits per heavy atom. The van der Waals surface area contributed by atoms with Crippen LogP contribution in [0.3, 0.4) is 0 Å². The molecule has 2 rings (SSSR count). The van der Waals surface area contributed by atoms with E-state index in [1.54, 1.807) is 17.9 Å². The van der Waals surface area contributed by atoms with Crippen molar-refractivity contribution < 1.29 is 17.9 Å². The van der Waals surface area contributed by atoms with E-state index in [1.165, 1.54) is 12.1 Å². The van der Waals surface area contributed by atoms with Crippen molar-refractivity contribution in [1.82, 2.24) is 4.90 Å². The summed E-state index contributed by atoms with van der Waals surface area (Å²) < 4.78 is 28.4. The van der Waals surface area contributed by atoms with Crippen LogP contribution in [-0.4, -0.2) is 45.0 Å². The summed E-state index contributed by atoms with van der Waals surface area (Å²) in [7, 11) is -3.76. The molecule has 1 atom stereocenters. The number of carbonyl (C=O) groups is 1. The highest BCUT2D eigenvalue weighted by Gasteiger charge is 2.25. The maximum atomic E-state index is 12.6. The van der Waals surface area contributed by atoms with Crippen molar-refractivity contribution in [1.29, 1.82) is 0 Å². The molecule has 0 saturated carbocycles. The fourth-order valence-electron chi connectivity index (χ4n) is 2.78. The van der Waals surface area contributed by atoms with E-state index in [2.05, 4.69) is 0 Å². The third-order valence-corrected chi connectivity index (χ3v) is 4.87. The van der Waals surface area contributed by atoms with Crippen LogP contribution in [0, 0.1) is 6.92 Å². The molecule has 2 N–H and O–H groups in total. The largest absolute Gasteiger partial charge is 0.377 e. The Morgan fingerprint density at radius 1 is 1.45 bits per heavy atom. The number of nitrogens with two attached hydrogens (primary N) is 1. The number of amides is 1. The summed E-state index contributed by atoms with van der Waals surface area (Å²) in [5, 5.41) is 5.14. The number of sulfonamides is 1. The van der Waals surface area contributed by atoms with Gasteiger partial charge in [0.2, 0.25) is 10.0 Å². The van der Waals surface area contributed by atoms with Crippen molar-refractivity contribution in [2.75, 3.05) is 19.7 Å². The normalized spacial score (nSPS) is 19.2. The first-order valence-corrected chi connectivity index (χ1v) is 8.92. The number of hydrogen-bond donors (Lipinski definition) is 1. The molecule has 1 amide bonds. The Balaban J connectivity index is 2.18. The molecule has 1 heterocycles. The molecule has 7 heteroatoms. The number of likely N-dealkylation sites (tertiary alicyclic amines) is 1. The maximum Gasteiger partial charge on any atom is 0.253 e. The lowest BCUT2D eigenvalue weighted by atomic mass is 10.1. The molecule has 0 aliphatic carbocycles. The molecule has 6 nitrogen and oxygen atoms in total. The zero-order chi connectivity index (χ0) is 16.3. The first kappa shape index (κ1) is 16.9. The zero-order valence-corrected chi connectivity index (χ0v) is 13.7. The lowest BCUT2D eigenvalue weighted by molar-refractivity contribution is 0.00724. The summed E-state index contributed by atoms with van der Waals surface area (Å²) in [4.78, 5) is 14.4. The molecule has 1 unspecified atom stereocenters. The second-order valence-electron chi connectivity index (χ2n) is 5.50. The van der Waals surface area contributed by atoms with Gasteiger partial charge in [0, 0.05) is 25.3 Å². The molecule has 0 radical (unpaired) electrons. The molecule has 0 aromatic heterocycles. The predicted octanol–water partition coefficient (Wildman–Crippen LogP) is 1.28. The summed E-state index contributed by atoms with van der Waals surface area (Å²) >= 11 is 0. The van der Waals surface area contributed by atoms with E-state index in [4.69, 9.17) is 9.88 Å². The summed E-state index contributed by atoms with van der Waals surface area (Å²) in [6, 6.07) is 4.48. The third-order valence-electron chi connectivity index (χ3n) is 3.80. The third kappa shape index (κ3) is 3.85. The Bertz CT molecular complexity index is 656. The van der Waals surface area contributed by atoms with Crippen LogP contribution in [0.25, 0.3) is 0 Å². The van der Waals surface area contributed by atoms with Crippen LogP contribution in [0.1, 0.15) is 35.7 Å². The average molecular weight is 326 g/mol. The molecule has 22 heavy (non-hydrogen) atoms. The van der Waals surface area contributed by atoms with Crippen molar-refractivity contribution >= 4 is 15.9 Å². The monoisotopic (exact) mass is 326 g/mol. The number of hydrogen-bond acceptors (Lipinski definition) is 4. The Kier molecular flexibility index (Phi) is 5.20. The Labute approximate surface area is 131 Å². The van der Waals surface area contributed by atoms with E-state index >= 15 is 0 Å². The molecule has 1 aliphatic heterocycles. The van der Waals surface area contributed by atoms with Crippen LogP contribution >= 0.6 is 0 Å². The highest BCUT2D eigenvalue weighted by atomic mass is 32.2. The average Bonchev–Trinajstić information content (AvgIpc) is 2.45. The van der Waals surface area contributed by atoms with Crippen molar-refractivity contribution in [3.8, 4) is 0 Å². The Morgan fingerprint density at radius 2 is 2.18 bits per heavy atom. The molecule has 1 fully saturated rings. The van der Waals surface area contributed by atoms with Gasteiger partial charge in [-0.1, -0.05) is 0 Å². The fraction of sp³-hybridized carbons (Fsp3) is 0.533. The molecular formula is C15H22N2O4S. The predicted molar refractivity (Wildman–Crippen MR) is 83.1 cm³/mol. The SMILES string of the molecule is CCOC1CCCN(C(=O)c2ccc(S(N)(=O)=O)c(C)c2)C1.